The van der Waals surface area contributed by atoms with Crippen molar-refractivity contribution in [2.75, 3.05) is 37.7 Å². The highest BCUT2D eigenvalue weighted by Crippen LogP contribution is 2.77. The molecular weight excluding hydrogens is 629 g/mol. The van der Waals surface area contributed by atoms with Crippen molar-refractivity contribution in [2.45, 2.75) is 117 Å². The Kier molecular flexibility index (Phi) is 8.88. The summed E-state index contributed by atoms with van der Waals surface area (Å²) >= 11 is 0. The fourth-order valence-corrected chi connectivity index (χ4v) is 15.6. The molecule has 0 bridgehead atoms. The molecule has 1 aromatic rings. The van der Waals surface area contributed by atoms with Gasteiger partial charge in [0.2, 0.25) is 0 Å². The van der Waals surface area contributed by atoms with Crippen molar-refractivity contribution in [2.24, 2.45) is 51.2 Å². The molecule has 5 saturated carbocycles. The van der Waals surface area contributed by atoms with E-state index in [2.05, 4.69) is 70.5 Å². The predicted molar refractivity (Wildman–Crippen MR) is 199 cm³/mol. The van der Waals surface area contributed by atoms with Crippen LogP contribution in [0.25, 0.3) is 0 Å². The van der Waals surface area contributed by atoms with Gasteiger partial charge in [-0.1, -0.05) is 58.9 Å². The number of carboxylic acid groups (broad SMARTS) is 1. The van der Waals surface area contributed by atoms with Crippen LogP contribution in [0.3, 0.4) is 0 Å². The summed E-state index contributed by atoms with van der Waals surface area (Å²) in [5.41, 5.74) is 4.29. The highest BCUT2D eigenvalue weighted by Gasteiger charge is 2.70. The van der Waals surface area contributed by atoms with Crippen molar-refractivity contribution in [3.63, 3.8) is 0 Å². The third-order valence-corrected chi connectivity index (χ3v) is 18.6. The van der Waals surface area contributed by atoms with E-state index in [9.17, 15) is 18.3 Å². The minimum atomic E-state index is -2.86. The molecule has 1 aromatic carbocycles. The van der Waals surface area contributed by atoms with Gasteiger partial charge in [-0.3, -0.25) is 0 Å². The standard InChI is InChI=1S/C42H64N2O4S/c1-28(2)31-14-19-42(43-22-23-44-24-26-49(47,48)27-25-44)21-20-40(6)33(36(31)42)12-13-35-39(5)17-15-32(29-8-10-30(11-9-29)37(45)46)38(3,4)34(39)16-18-41(35,40)7/h8-11,31-36,43H,1,12-27H2,2-7H3,(H,45,46)/t31-,32?,33+,34-,35+,36+,39-,40+,41+,42-/m0/s1. The first-order valence-corrected chi connectivity index (χ1v) is 21.5. The lowest BCUT2D eigenvalue weighted by Crippen LogP contribution is -2.68. The smallest absolute Gasteiger partial charge is 0.335 e. The lowest BCUT2D eigenvalue weighted by Gasteiger charge is -2.73. The van der Waals surface area contributed by atoms with Crippen molar-refractivity contribution in [3.05, 3.63) is 47.5 Å². The summed E-state index contributed by atoms with van der Waals surface area (Å²) in [6.45, 7) is 23.3. The number of nitrogens with zero attached hydrogens (tertiary/aromatic N) is 1. The first-order valence-electron chi connectivity index (χ1n) is 19.6. The van der Waals surface area contributed by atoms with Crippen molar-refractivity contribution in [3.8, 4) is 0 Å². The normalized spacial score (nSPS) is 44.2. The zero-order chi connectivity index (χ0) is 35.2. The average Bonchev–Trinajstić information content (AvgIpc) is 3.42. The highest BCUT2D eigenvalue weighted by atomic mass is 32.2. The number of nitrogens with one attached hydrogen (secondary N) is 1. The molecule has 5 aliphatic carbocycles. The number of carboxylic acids is 1. The first kappa shape index (κ1) is 35.7. The van der Waals surface area contributed by atoms with Gasteiger partial charge in [0.25, 0.3) is 0 Å². The van der Waals surface area contributed by atoms with Crippen LogP contribution < -0.4 is 5.32 Å². The Balaban J connectivity index is 1.12. The van der Waals surface area contributed by atoms with Crippen LogP contribution >= 0.6 is 0 Å². The van der Waals surface area contributed by atoms with E-state index in [1.54, 1.807) is 12.1 Å². The molecule has 49 heavy (non-hydrogen) atoms. The molecule has 0 spiro atoms. The highest BCUT2D eigenvalue weighted by molar-refractivity contribution is 7.91. The minimum Gasteiger partial charge on any atom is -0.478 e. The quantitative estimate of drug-likeness (QED) is 0.280. The van der Waals surface area contributed by atoms with Gasteiger partial charge in [-0.25, -0.2) is 13.2 Å². The average molecular weight is 693 g/mol. The van der Waals surface area contributed by atoms with Crippen LogP contribution in [0.2, 0.25) is 0 Å². The van der Waals surface area contributed by atoms with Gasteiger partial charge in [0.05, 0.1) is 17.1 Å². The zero-order valence-corrected chi connectivity index (χ0v) is 32.1. The second-order valence-corrected chi connectivity index (χ2v) is 21.4. The van der Waals surface area contributed by atoms with Crippen LogP contribution in [0, 0.1) is 51.2 Å². The van der Waals surface area contributed by atoms with E-state index in [0.717, 1.165) is 19.0 Å². The van der Waals surface area contributed by atoms with E-state index in [1.807, 2.05) is 0 Å². The second-order valence-electron chi connectivity index (χ2n) is 19.1. The molecule has 0 aromatic heterocycles. The Bertz CT molecular complexity index is 1560. The third-order valence-electron chi connectivity index (χ3n) is 17.0. The van der Waals surface area contributed by atoms with Gasteiger partial charge < -0.3 is 15.3 Å². The van der Waals surface area contributed by atoms with E-state index < -0.39 is 15.8 Å². The Labute approximate surface area is 297 Å². The maximum Gasteiger partial charge on any atom is 0.335 e. The number of benzene rings is 1. The number of hydrogen-bond donors (Lipinski definition) is 2. The molecule has 7 heteroatoms. The summed E-state index contributed by atoms with van der Waals surface area (Å²) < 4.78 is 24.0. The van der Waals surface area contributed by atoms with Crippen LogP contribution in [-0.2, 0) is 9.84 Å². The third kappa shape index (κ3) is 5.52. The molecule has 7 rings (SSSR count). The van der Waals surface area contributed by atoms with E-state index in [-0.39, 0.29) is 11.0 Å². The maximum atomic E-state index is 12.0. The molecule has 0 amide bonds. The Morgan fingerprint density at radius 2 is 1.57 bits per heavy atom. The van der Waals surface area contributed by atoms with Gasteiger partial charge in [-0.2, -0.15) is 0 Å². The number of sulfone groups is 1. The lowest BCUT2D eigenvalue weighted by molar-refractivity contribution is -0.233. The van der Waals surface area contributed by atoms with Gasteiger partial charge in [0, 0.05) is 31.7 Å². The van der Waals surface area contributed by atoms with E-state index in [1.165, 1.54) is 75.3 Å². The second kappa shape index (κ2) is 12.2. The van der Waals surface area contributed by atoms with Crippen molar-refractivity contribution in [1.82, 2.24) is 10.2 Å². The molecule has 6 fully saturated rings. The molecule has 2 N–H and O–H groups in total. The topological polar surface area (TPSA) is 86.7 Å². The van der Waals surface area contributed by atoms with Crippen molar-refractivity contribution < 1.29 is 18.3 Å². The molecule has 0 radical (unpaired) electrons. The van der Waals surface area contributed by atoms with Gasteiger partial charge in [0.1, 0.15) is 0 Å². The van der Waals surface area contributed by atoms with E-state index in [4.69, 9.17) is 0 Å². The molecule has 1 saturated heterocycles. The van der Waals surface area contributed by atoms with Crippen molar-refractivity contribution in [1.29, 1.82) is 0 Å². The van der Waals surface area contributed by atoms with Crippen LogP contribution in [0.5, 0.6) is 0 Å². The van der Waals surface area contributed by atoms with Crippen LogP contribution in [0.15, 0.2) is 36.4 Å². The van der Waals surface area contributed by atoms with Crippen molar-refractivity contribution >= 4 is 15.8 Å². The monoisotopic (exact) mass is 692 g/mol. The summed E-state index contributed by atoms with van der Waals surface area (Å²) in [7, 11) is -2.86. The number of allylic oxidation sites excluding steroid dienone is 1. The first-order chi connectivity index (χ1) is 23.0. The molecule has 6 aliphatic rings. The van der Waals surface area contributed by atoms with Gasteiger partial charge in [0.15, 0.2) is 9.84 Å². The summed E-state index contributed by atoms with van der Waals surface area (Å²) in [4.78, 5) is 13.9. The fraction of sp³-hybridized carbons (Fsp3) is 0.786. The molecule has 10 atom stereocenters. The summed E-state index contributed by atoms with van der Waals surface area (Å²) in [6.07, 6.45) is 12.7. The zero-order valence-electron chi connectivity index (χ0n) is 31.3. The lowest BCUT2D eigenvalue weighted by atomic mass is 9.32. The number of fused-ring (bicyclic) bond motifs is 7. The van der Waals surface area contributed by atoms with E-state index >= 15 is 0 Å². The van der Waals surface area contributed by atoms with Crippen LogP contribution in [0.4, 0.5) is 0 Å². The SMILES string of the molecule is C=C(C)[C@@H]1CC[C@]2(NCCN3CCS(=O)(=O)CC3)CC[C@]3(C)[C@H](CC[C@@H]4[C@@]5(C)CCC(c6ccc(C(=O)O)cc6)C(C)(C)[C@@H]5CC[C@]43C)[C@@H]12. The van der Waals surface area contributed by atoms with Crippen LogP contribution in [-0.4, -0.2) is 67.6 Å². The molecule has 1 aliphatic heterocycles. The van der Waals surface area contributed by atoms with E-state index in [0.29, 0.717) is 76.0 Å². The minimum absolute atomic E-state index is 0.150. The fourth-order valence-electron chi connectivity index (χ4n) is 14.3. The molecule has 1 heterocycles. The predicted octanol–water partition coefficient (Wildman–Crippen LogP) is 8.20. The van der Waals surface area contributed by atoms with Gasteiger partial charge in [-0.15, -0.1) is 0 Å². The molecule has 1 unspecified atom stereocenters. The van der Waals surface area contributed by atoms with Gasteiger partial charge >= 0.3 is 5.97 Å². The summed E-state index contributed by atoms with van der Waals surface area (Å²) in [6, 6.07) is 7.80. The van der Waals surface area contributed by atoms with Gasteiger partial charge in [-0.05, 0) is 146 Å². The number of hydrogen-bond acceptors (Lipinski definition) is 5. The maximum absolute atomic E-state index is 12.0. The summed E-state index contributed by atoms with van der Waals surface area (Å²) in [5.74, 6) is 3.46. The number of aromatic carboxylic acids is 1. The largest absolute Gasteiger partial charge is 0.478 e. The Hall–Kier alpha value is -1.70. The molecule has 6 nitrogen and oxygen atoms in total. The van der Waals surface area contributed by atoms with Crippen LogP contribution in [0.1, 0.15) is 128 Å². The molecule has 272 valence electrons. The Morgan fingerprint density at radius 1 is 0.878 bits per heavy atom. The Morgan fingerprint density at radius 3 is 2.22 bits per heavy atom. The summed E-state index contributed by atoms with van der Waals surface area (Å²) in [5, 5.41) is 13.7. The number of carbonyl (C=O) groups is 1. The molecular formula is C42H64N2O4S. The number of rotatable bonds is 7.